The first kappa shape index (κ1) is 13.0. The third-order valence-electron chi connectivity index (χ3n) is 3.39. The predicted octanol–water partition coefficient (Wildman–Crippen LogP) is 2.08. The molecule has 0 aromatic heterocycles. The minimum atomic E-state index is -1.50. The number of carboxylic acid groups (broad SMARTS) is 1. The summed E-state index contributed by atoms with van der Waals surface area (Å²) in [5, 5.41) is 8.53. The summed E-state index contributed by atoms with van der Waals surface area (Å²) >= 11 is 0. The van der Waals surface area contributed by atoms with Crippen molar-refractivity contribution >= 4 is 11.9 Å². The van der Waals surface area contributed by atoms with Crippen LogP contribution in [0.4, 0.5) is 0 Å². The molecule has 1 N–H and O–H groups in total. The highest BCUT2D eigenvalue weighted by molar-refractivity contribution is 6.28. The van der Waals surface area contributed by atoms with Crippen molar-refractivity contribution in [1.29, 1.82) is 0 Å². The molecule has 1 aliphatic rings. The average Bonchev–Trinajstić information content (AvgIpc) is 2.16. The molecule has 4 heteroatoms. The van der Waals surface area contributed by atoms with E-state index in [4.69, 9.17) is 9.84 Å². The second kappa shape index (κ2) is 5.32. The van der Waals surface area contributed by atoms with Gasteiger partial charge >= 0.3 is 11.9 Å². The molecule has 0 radical (unpaired) electrons. The van der Waals surface area contributed by atoms with E-state index >= 15 is 0 Å². The van der Waals surface area contributed by atoms with Gasteiger partial charge in [0.1, 0.15) is 6.10 Å². The maximum absolute atomic E-state index is 11.1. The largest absolute Gasteiger partial charge is 0.473 e. The molecule has 4 nitrogen and oxygen atoms in total. The molecule has 3 unspecified atom stereocenters. The summed E-state index contributed by atoms with van der Waals surface area (Å²) in [6.07, 6.45) is 2.69. The van der Waals surface area contributed by atoms with Crippen LogP contribution in [0.3, 0.4) is 0 Å². The standard InChI is InChI=1S/C12H20O4/c1-7(2)9-5-4-8(3)6-10(9)16-12(15)11(13)14/h7-10H,4-6H2,1-3H3,(H,13,14). The lowest BCUT2D eigenvalue weighted by Gasteiger charge is -2.36. The van der Waals surface area contributed by atoms with Gasteiger partial charge in [-0.05, 0) is 30.6 Å². The van der Waals surface area contributed by atoms with E-state index in [1.165, 1.54) is 0 Å². The fourth-order valence-electron chi connectivity index (χ4n) is 2.44. The zero-order valence-corrected chi connectivity index (χ0v) is 10.1. The van der Waals surface area contributed by atoms with Crippen LogP contribution >= 0.6 is 0 Å². The van der Waals surface area contributed by atoms with Gasteiger partial charge in [-0.1, -0.05) is 27.2 Å². The highest BCUT2D eigenvalue weighted by Gasteiger charge is 2.34. The summed E-state index contributed by atoms with van der Waals surface area (Å²) in [6, 6.07) is 0. The number of ether oxygens (including phenoxy) is 1. The Hall–Kier alpha value is -1.06. The number of rotatable bonds is 2. The molecule has 1 rings (SSSR count). The summed E-state index contributed by atoms with van der Waals surface area (Å²) in [5.74, 6) is -1.41. The van der Waals surface area contributed by atoms with Crippen LogP contribution in [0.25, 0.3) is 0 Å². The molecule has 92 valence electrons. The first-order valence-electron chi connectivity index (χ1n) is 5.85. The number of carboxylic acids is 1. The Balaban J connectivity index is 2.64. The van der Waals surface area contributed by atoms with E-state index in [1.54, 1.807) is 0 Å². The van der Waals surface area contributed by atoms with Gasteiger partial charge in [0.25, 0.3) is 0 Å². The van der Waals surface area contributed by atoms with E-state index in [0.717, 1.165) is 19.3 Å². The van der Waals surface area contributed by atoms with Gasteiger partial charge in [-0.3, -0.25) is 0 Å². The minimum absolute atomic E-state index is 0.229. The maximum atomic E-state index is 11.1. The van der Waals surface area contributed by atoms with Crippen molar-refractivity contribution in [3.05, 3.63) is 0 Å². The normalized spacial score (nSPS) is 30.1. The van der Waals surface area contributed by atoms with Crippen LogP contribution in [-0.4, -0.2) is 23.1 Å². The minimum Gasteiger partial charge on any atom is -0.473 e. The third-order valence-corrected chi connectivity index (χ3v) is 3.39. The molecule has 1 aliphatic carbocycles. The molecule has 1 fully saturated rings. The van der Waals surface area contributed by atoms with E-state index in [1.807, 2.05) is 0 Å². The second-order valence-corrected chi connectivity index (χ2v) is 5.08. The first-order chi connectivity index (χ1) is 7.41. The van der Waals surface area contributed by atoms with E-state index in [-0.39, 0.29) is 6.10 Å². The quantitative estimate of drug-likeness (QED) is 0.580. The SMILES string of the molecule is CC1CCC(C(C)C)C(OC(=O)C(=O)O)C1. The van der Waals surface area contributed by atoms with Crippen molar-refractivity contribution in [1.82, 2.24) is 0 Å². The summed E-state index contributed by atoms with van der Waals surface area (Å²) in [6.45, 7) is 6.28. The zero-order valence-electron chi connectivity index (χ0n) is 10.1. The first-order valence-corrected chi connectivity index (χ1v) is 5.85. The highest BCUT2D eigenvalue weighted by Crippen LogP contribution is 2.35. The molecule has 0 bridgehead atoms. The molecule has 0 aromatic rings. The van der Waals surface area contributed by atoms with Crippen LogP contribution in [0.1, 0.15) is 40.0 Å². The number of aliphatic carboxylic acids is 1. The fraction of sp³-hybridized carbons (Fsp3) is 0.833. The molecule has 0 aliphatic heterocycles. The van der Waals surface area contributed by atoms with E-state index < -0.39 is 11.9 Å². The highest BCUT2D eigenvalue weighted by atomic mass is 16.6. The van der Waals surface area contributed by atoms with Crippen molar-refractivity contribution in [2.75, 3.05) is 0 Å². The van der Waals surface area contributed by atoms with E-state index in [9.17, 15) is 9.59 Å². The number of carbonyl (C=O) groups is 2. The summed E-state index contributed by atoms with van der Waals surface area (Å²) in [7, 11) is 0. The molecule has 0 amide bonds. The van der Waals surface area contributed by atoms with Crippen LogP contribution in [0.15, 0.2) is 0 Å². The van der Waals surface area contributed by atoms with Gasteiger partial charge < -0.3 is 9.84 Å². The van der Waals surface area contributed by atoms with Crippen LogP contribution < -0.4 is 0 Å². The summed E-state index contributed by atoms with van der Waals surface area (Å²) in [4.78, 5) is 21.5. The summed E-state index contributed by atoms with van der Waals surface area (Å²) in [5.41, 5.74) is 0. The molecule has 1 saturated carbocycles. The van der Waals surface area contributed by atoms with Crippen molar-refractivity contribution in [3.63, 3.8) is 0 Å². The smallest absolute Gasteiger partial charge is 0.417 e. The van der Waals surface area contributed by atoms with Gasteiger partial charge in [0.05, 0.1) is 0 Å². The van der Waals surface area contributed by atoms with Crippen LogP contribution in [0.5, 0.6) is 0 Å². The molecule has 0 spiro atoms. The molecule has 0 saturated heterocycles. The Bertz CT molecular complexity index is 272. The molecular formula is C12H20O4. The molecular weight excluding hydrogens is 208 g/mol. The molecule has 16 heavy (non-hydrogen) atoms. The van der Waals surface area contributed by atoms with Crippen LogP contribution in [-0.2, 0) is 14.3 Å². The van der Waals surface area contributed by atoms with Gasteiger partial charge in [-0.25, -0.2) is 9.59 Å². The van der Waals surface area contributed by atoms with E-state index in [2.05, 4.69) is 20.8 Å². The van der Waals surface area contributed by atoms with Crippen molar-refractivity contribution < 1.29 is 19.4 Å². The maximum Gasteiger partial charge on any atom is 0.417 e. The molecule has 0 heterocycles. The topological polar surface area (TPSA) is 63.6 Å². The Morgan fingerprint density at radius 1 is 1.31 bits per heavy atom. The lowest BCUT2D eigenvalue weighted by molar-refractivity contribution is -0.171. The summed E-state index contributed by atoms with van der Waals surface area (Å²) < 4.78 is 5.06. The van der Waals surface area contributed by atoms with Crippen LogP contribution in [0.2, 0.25) is 0 Å². The van der Waals surface area contributed by atoms with Gasteiger partial charge in [0.15, 0.2) is 0 Å². The number of hydrogen-bond acceptors (Lipinski definition) is 3. The number of hydrogen-bond donors (Lipinski definition) is 1. The number of carbonyl (C=O) groups excluding carboxylic acids is 1. The van der Waals surface area contributed by atoms with Crippen LogP contribution in [0, 0.1) is 17.8 Å². The van der Waals surface area contributed by atoms with Crippen molar-refractivity contribution in [2.24, 2.45) is 17.8 Å². The molecule has 3 atom stereocenters. The molecule has 0 aromatic carbocycles. The van der Waals surface area contributed by atoms with Gasteiger partial charge in [-0.2, -0.15) is 0 Å². The van der Waals surface area contributed by atoms with Gasteiger partial charge in [-0.15, -0.1) is 0 Å². The Kier molecular flexibility index (Phi) is 4.33. The predicted molar refractivity (Wildman–Crippen MR) is 58.9 cm³/mol. The Morgan fingerprint density at radius 2 is 1.94 bits per heavy atom. The van der Waals surface area contributed by atoms with Crippen molar-refractivity contribution in [3.8, 4) is 0 Å². The average molecular weight is 228 g/mol. The Morgan fingerprint density at radius 3 is 2.44 bits per heavy atom. The van der Waals surface area contributed by atoms with Gasteiger partial charge in [0, 0.05) is 0 Å². The lowest BCUT2D eigenvalue weighted by Crippen LogP contribution is -2.37. The van der Waals surface area contributed by atoms with Crippen molar-refractivity contribution in [2.45, 2.75) is 46.1 Å². The Labute approximate surface area is 96.0 Å². The number of esters is 1. The van der Waals surface area contributed by atoms with E-state index in [0.29, 0.717) is 17.8 Å². The second-order valence-electron chi connectivity index (χ2n) is 5.08. The lowest BCUT2D eigenvalue weighted by atomic mass is 9.75. The third kappa shape index (κ3) is 3.22. The zero-order chi connectivity index (χ0) is 12.3. The monoisotopic (exact) mass is 228 g/mol. The fourth-order valence-corrected chi connectivity index (χ4v) is 2.44. The van der Waals surface area contributed by atoms with Gasteiger partial charge in [0.2, 0.25) is 0 Å².